The number of esters is 1. The van der Waals surface area contributed by atoms with Crippen LogP contribution in [0.3, 0.4) is 0 Å². The molecular formula is C16H18F3NO3. The highest BCUT2D eigenvalue weighted by atomic mass is 19.4. The molecule has 0 heterocycles. The molecule has 0 saturated heterocycles. The Morgan fingerprint density at radius 1 is 1.13 bits per heavy atom. The van der Waals surface area contributed by atoms with Crippen LogP contribution < -0.4 is 5.32 Å². The predicted octanol–water partition coefficient (Wildman–Crippen LogP) is 3.32. The second-order valence-corrected chi connectivity index (χ2v) is 5.64. The van der Waals surface area contributed by atoms with E-state index >= 15 is 0 Å². The van der Waals surface area contributed by atoms with Crippen LogP contribution in [0.4, 0.5) is 13.2 Å². The highest BCUT2D eigenvalue weighted by molar-refractivity contribution is 5.98. The van der Waals surface area contributed by atoms with Crippen molar-refractivity contribution < 1.29 is 27.5 Å². The minimum atomic E-state index is -4.16. The molecule has 0 aliphatic heterocycles. The van der Waals surface area contributed by atoms with Gasteiger partial charge in [0.1, 0.15) is 0 Å². The second-order valence-electron chi connectivity index (χ2n) is 5.64. The summed E-state index contributed by atoms with van der Waals surface area (Å²) in [5, 5.41) is 2.73. The van der Waals surface area contributed by atoms with Gasteiger partial charge in [0, 0.05) is 11.6 Å². The molecule has 0 atom stereocenters. The number of ether oxygens (including phenoxy) is 1. The Kier molecular flexibility index (Phi) is 5.28. The fourth-order valence-electron chi connectivity index (χ4n) is 2.74. The lowest BCUT2D eigenvalue weighted by Crippen LogP contribution is -2.40. The molecule has 0 radical (unpaired) electrons. The summed E-state index contributed by atoms with van der Waals surface area (Å²) in [7, 11) is 1.24. The van der Waals surface area contributed by atoms with Gasteiger partial charge in [-0.25, -0.2) is 4.79 Å². The molecule has 1 N–H and O–H groups in total. The third-order valence-electron chi connectivity index (χ3n) is 4.07. The number of methoxy groups -OCH3 is 1. The average Bonchev–Trinajstić information content (AvgIpc) is 2.54. The number of carbonyl (C=O) groups excluding carboxylic acids is 2. The molecule has 1 aromatic carbocycles. The molecular weight excluding hydrogens is 311 g/mol. The van der Waals surface area contributed by atoms with E-state index in [0.29, 0.717) is 12.8 Å². The summed E-state index contributed by atoms with van der Waals surface area (Å²) in [5.74, 6) is -2.23. The van der Waals surface area contributed by atoms with E-state index in [-0.39, 0.29) is 30.0 Å². The SMILES string of the molecule is COC(=O)c1cccc(C(=O)NC2CCC(C(F)(F)F)CC2)c1. The standard InChI is InChI=1S/C16H18F3NO3/c1-23-15(22)11-4-2-3-10(9-11)14(21)20-13-7-5-12(6-8-13)16(17,18)19/h2-4,9,12-13H,5-8H2,1H3,(H,20,21). The van der Waals surface area contributed by atoms with Gasteiger partial charge >= 0.3 is 12.1 Å². The van der Waals surface area contributed by atoms with Gasteiger partial charge in [0.05, 0.1) is 18.6 Å². The molecule has 4 nitrogen and oxygen atoms in total. The Hall–Kier alpha value is -2.05. The zero-order valence-corrected chi connectivity index (χ0v) is 12.7. The van der Waals surface area contributed by atoms with E-state index in [0.717, 1.165) is 0 Å². The Morgan fingerprint density at radius 3 is 2.30 bits per heavy atom. The largest absolute Gasteiger partial charge is 0.465 e. The van der Waals surface area contributed by atoms with E-state index in [9.17, 15) is 22.8 Å². The molecule has 7 heteroatoms. The van der Waals surface area contributed by atoms with E-state index in [4.69, 9.17) is 0 Å². The van der Waals surface area contributed by atoms with Crippen molar-refractivity contribution in [3.63, 3.8) is 0 Å². The lowest BCUT2D eigenvalue weighted by molar-refractivity contribution is -0.182. The van der Waals surface area contributed by atoms with Gasteiger partial charge in [0.2, 0.25) is 0 Å². The summed E-state index contributed by atoms with van der Waals surface area (Å²) < 4.78 is 42.4. The number of carbonyl (C=O) groups is 2. The first-order valence-corrected chi connectivity index (χ1v) is 7.37. The number of amides is 1. The Bertz CT molecular complexity index is 578. The summed E-state index contributed by atoms with van der Waals surface area (Å²) in [6.45, 7) is 0. The topological polar surface area (TPSA) is 55.4 Å². The van der Waals surface area contributed by atoms with Gasteiger partial charge in [0.15, 0.2) is 0 Å². The van der Waals surface area contributed by atoms with Crippen molar-refractivity contribution >= 4 is 11.9 Å². The number of nitrogens with one attached hydrogen (secondary N) is 1. The smallest absolute Gasteiger partial charge is 0.391 e. The number of hydrogen-bond acceptors (Lipinski definition) is 3. The summed E-state index contributed by atoms with van der Waals surface area (Å²) in [6.07, 6.45) is -3.52. The lowest BCUT2D eigenvalue weighted by Gasteiger charge is -2.30. The van der Waals surface area contributed by atoms with Crippen molar-refractivity contribution in [1.29, 1.82) is 0 Å². The average molecular weight is 329 g/mol. The van der Waals surface area contributed by atoms with Crippen molar-refractivity contribution in [2.45, 2.75) is 37.9 Å². The van der Waals surface area contributed by atoms with Crippen LogP contribution in [0.1, 0.15) is 46.4 Å². The fraction of sp³-hybridized carbons (Fsp3) is 0.500. The Morgan fingerprint density at radius 2 is 1.74 bits per heavy atom. The second kappa shape index (κ2) is 7.02. The molecule has 126 valence electrons. The van der Waals surface area contributed by atoms with E-state index < -0.39 is 24.0 Å². The summed E-state index contributed by atoms with van der Waals surface area (Å²) >= 11 is 0. The Labute approximate surface area is 132 Å². The first kappa shape index (κ1) is 17.3. The quantitative estimate of drug-likeness (QED) is 0.866. The number of hydrogen-bond donors (Lipinski definition) is 1. The number of rotatable bonds is 3. The van der Waals surface area contributed by atoms with E-state index in [1.165, 1.54) is 19.2 Å². The zero-order valence-electron chi connectivity index (χ0n) is 12.7. The molecule has 0 aromatic heterocycles. The maximum absolute atomic E-state index is 12.6. The molecule has 1 aliphatic rings. The van der Waals surface area contributed by atoms with Gasteiger partial charge in [0.25, 0.3) is 5.91 Å². The molecule has 0 spiro atoms. The molecule has 1 amide bonds. The normalized spacial score (nSPS) is 21.6. The molecule has 1 saturated carbocycles. The molecule has 1 aromatic rings. The van der Waals surface area contributed by atoms with Crippen LogP contribution in [0, 0.1) is 5.92 Å². The lowest BCUT2D eigenvalue weighted by atomic mass is 9.85. The van der Waals surface area contributed by atoms with Crippen molar-refractivity contribution in [3.05, 3.63) is 35.4 Å². The fourth-order valence-corrected chi connectivity index (χ4v) is 2.74. The van der Waals surface area contributed by atoms with Crippen LogP contribution in [0.25, 0.3) is 0 Å². The van der Waals surface area contributed by atoms with Crippen LogP contribution in [-0.2, 0) is 4.74 Å². The molecule has 1 aliphatic carbocycles. The minimum absolute atomic E-state index is 0.0245. The van der Waals surface area contributed by atoms with Gasteiger partial charge < -0.3 is 10.1 Å². The molecule has 0 bridgehead atoms. The molecule has 0 unspecified atom stereocenters. The van der Waals surface area contributed by atoms with Crippen LogP contribution in [0.5, 0.6) is 0 Å². The van der Waals surface area contributed by atoms with E-state index in [1.807, 2.05) is 0 Å². The van der Waals surface area contributed by atoms with Crippen LogP contribution in [-0.4, -0.2) is 31.2 Å². The molecule has 23 heavy (non-hydrogen) atoms. The summed E-state index contributed by atoms with van der Waals surface area (Å²) in [6, 6.07) is 5.76. The van der Waals surface area contributed by atoms with E-state index in [2.05, 4.69) is 10.1 Å². The van der Waals surface area contributed by atoms with Crippen molar-refractivity contribution in [2.24, 2.45) is 5.92 Å². The molecule has 1 fully saturated rings. The van der Waals surface area contributed by atoms with Crippen LogP contribution >= 0.6 is 0 Å². The van der Waals surface area contributed by atoms with Gasteiger partial charge in [-0.1, -0.05) is 6.07 Å². The van der Waals surface area contributed by atoms with Crippen molar-refractivity contribution in [2.75, 3.05) is 7.11 Å². The Balaban J connectivity index is 1.94. The third-order valence-corrected chi connectivity index (χ3v) is 4.07. The van der Waals surface area contributed by atoms with Crippen molar-refractivity contribution in [1.82, 2.24) is 5.32 Å². The number of alkyl halides is 3. The first-order chi connectivity index (χ1) is 10.8. The van der Waals surface area contributed by atoms with Crippen LogP contribution in [0.15, 0.2) is 24.3 Å². The number of halogens is 3. The highest BCUT2D eigenvalue weighted by Crippen LogP contribution is 2.37. The van der Waals surface area contributed by atoms with Gasteiger partial charge in [-0.15, -0.1) is 0 Å². The van der Waals surface area contributed by atoms with Gasteiger partial charge in [-0.3, -0.25) is 4.79 Å². The predicted molar refractivity (Wildman–Crippen MR) is 77.0 cm³/mol. The first-order valence-electron chi connectivity index (χ1n) is 7.37. The van der Waals surface area contributed by atoms with E-state index in [1.54, 1.807) is 12.1 Å². The third kappa shape index (κ3) is 4.46. The summed E-state index contributed by atoms with van der Waals surface area (Å²) in [5.41, 5.74) is 0.534. The monoisotopic (exact) mass is 329 g/mol. The van der Waals surface area contributed by atoms with Crippen molar-refractivity contribution in [3.8, 4) is 0 Å². The maximum Gasteiger partial charge on any atom is 0.391 e. The zero-order chi connectivity index (χ0) is 17.0. The highest BCUT2D eigenvalue weighted by Gasteiger charge is 2.41. The van der Waals surface area contributed by atoms with Gasteiger partial charge in [-0.05, 0) is 43.9 Å². The van der Waals surface area contributed by atoms with Gasteiger partial charge in [-0.2, -0.15) is 13.2 Å². The summed E-state index contributed by atoms with van der Waals surface area (Å²) in [4.78, 5) is 23.6. The maximum atomic E-state index is 12.6. The number of benzene rings is 1. The van der Waals surface area contributed by atoms with Crippen LogP contribution in [0.2, 0.25) is 0 Å². The molecule has 2 rings (SSSR count). The minimum Gasteiger partial charge on any atom is -0.465 e.